The molecule has 3 unspecified atom stereocenters. The van der Waals surface area contributed by atoms with Gasteiger partial charge in [-0.1, -0.05) is 32.4 Å². The van der Waals surface area contributed by atoms with E-state index < -0.39 is 4.92 Å². The molecule has 116 valence electrons. The lowest BCUT2D eigenvalue weighted by Crippen LogP contribution is -2.63. The largest absolute Gasteiger partial charge is 0.490 e. The van der Waals surface area contributed by atoms with Crippen LogP contribution in [0.25, 0.3) is 0 Å². The van der Waals surface area contributed by atoms with Gasteiger partial charge in [0.1, 0.15) is 16.9 Å². The van der Waals surface area contributed by atoms with Crippen molar-refractivity contribution < 1.29 is 9.66 Å². The van der Waals surface area contributed by atoms with Gasteiger partial charge in [0.25, 0.3) is 5.69 Å². The first-order valence-electron chi connectivity index (χ1n) is 7.26. The van der Waals surface area contributed by atoms with Crippen LogP contribution in [-0.2, 0) is 0 Å². The lowest BCUT2D eigenvalue weighted by atomic mass is 9.61. The maximum Gasteiger partial charge on any atom is 0.288 e. The number of nitro groups is 1. The molecule has 2 rings (SSSR count). The molecule has 1 aromatic rings. The van der Waals surface area contributed by atoms with Crippen LogP contribution in [0.5, 0.6) is 5.75 Å². The van der Waals surface area contributed by atoms with Crippen LogP contribution in [-0.4, -0.2) is 23.6 Å². The fraction of sp³-hybridized carbons (Fsp3) is 0.600. The Hall–Kier alpha value is -1.33. The summed E-state index contributed by atoms with van der Waals surface area (Å²) in [5.74, 6) is 0.588. The van der Waals surface area contributed by atoms with Gasteiger partial charge in [-0.25, -0.2) is 0 Å². The van der Waals surface area contributed by atoms with E-state index >= 15 is 0 Å². The number of nitrogens with zero attached hydrogens (tertiary/aromatic N) is 1. The van der Waals surface area contributed by atoms with Crippen LogP contribution in [0.2, 0.25) is 5.02 Å². The molecule has 0 amide bonds. The highest BCUT2D eigenvalue weighted by Crippen LogP contribution is 2.46. The summed E-state index contributed by atoms with van der Waals surface area (Å²) in [6.45, 7) is 7.40. The second-order valence-corrected chi connectivity index (χ2v) is 6.09. The molecule has 0 radical (unpaired) electrons. The Morgan fingerprint density at radius 3 is 2.76 bits per heavy atom. The van der Waals surface area contributed by atoms with Gasteiger partial charge >= 0.3 is 0 Å². The second kappa shape index (κ2) is 6.20. The average molecular weight is 313 g/mol. The molecule has 0 aliphatic heterocycles. The monoisotopic (exact) mass is 312 g/mol. The van der Waals surface area contributed by atoms with Crippen LogP contribution in [0.15, 0.2) is 18.2 Å². The second-order valence-electron chi connectivity index (χ2n) is 5.68. The van der Waals surface area contributed by atoms with E-state index in [-0.39, 0.29) is 22.2 Å². The number of benzene rings is 1. The third kappa shape index (κ3) is 2.99. The van der Waals surface area contributed by atoms with Crippen LogP contribution in [0.4, 0.5) is 5.69 Å². The van der Waals surface area contributed by atoms with Crippen LogP contribution in [0.3, 0.4) is 0 Å². The third-order valence-electron chi connectivity index (χ3n) is 4.59. The highest BCUT2D eigenvalue weighted by atomic mass is 35.5. The first kappa shape index (κ1) is 16.0. The zero-order valence-electron chi connectivity index (χ0n) is 12.6. The molecular formula is C15H21ClN2O3. The number of nitro benzene ring substituents is 1. The molecule has 0 heterocycles. The fourth-order valence-corrected chi connectivity index (χ4v) is 3.15. The van der Waals surface area contributed by atoms with Gasteiger partial charge < -0.3 is 10.1 Å². The van der Waals surface area contributed by atoms with Crippen LogP contribution >= 0.6 is 11.6 Å². The van der Waals surface area contributed by atoms with Crippen molar-refractivity contribution in [3.8, 4) is 5.75 Å². The highest BCUT2D eigenvalue weighted by molar-refractivity contribution is 6.32. The predicted molar refractivity (Wildman–Crippen MR) is 83.0 cm³/mol. The van der Waals surface area contributed by atoms with Crippen LogP contribution in [0, 0.1) is 15.5 Å². The highest BCUT2D eigenvalue weighted by Gasteiger charge is 2.51. The van der Waals surface area contributed by atoms with Crippen LogP contribution in [0.1, 0.15) is 33.6 Å². The first-order chi connectivity index (χ1) is 9.92. The minimum atomic E-state index is -0.493. The van der Waals surface area contributed by atoms with E-state index in [1.807, 2.05) is 0 Å². The summed E-state index contributed by atoms with van der Waals surface area (Å²) < 4.78 is 6.00. The molecular weight excluding hydrogens is 292 g/mol. The molecule has 5 nitrogen and oxygen atoms in total. The summed E-state index contributed by atoms with van der Waals surface area (Å²) in [5, 5.41) is 14.3. The topological polar surface area (TPSA) is 64.4 Å². The maximum absolute atomic E-state index is 10.8. The molecule has 1 aliphatic rings. The van der Waals surface area contributed by atoms with Gasteiger partial charge in [0, 0.05) is 30.0 Å². The van der Waals surface area contributed by atoms with Crippen LogP contribution < -0.4 is 10.1 Å². The Bertz CT molecular complexity index is 538. The Kier molecular flexibility index (Phi) is 4.74. The Morgan fingerprint density at radius 1 is 1.52 bits per heavy atom. The van der Waals surface area contributed by atoms with E-state index in [0.29, 0.717) is 11.8 Å². The van der Waals surface area contributed by atoms with Crippen molar-refractivity contribution in [2.45, 2.75) is 45.8 Å². The Balaban J connectivity index is 2.09. The summed E-state index contributed by atoms with van der Waals surface area (Å²) in [6, 6.07) is 4.98. The number of halogens is 1. The van der Waals surface area contributed by atoms with E-state index in [0.717, 1.165) is 19.4 Å². The molecule has 1 N–H and O–H groups in total. The van der Waals surface area contributed by atoms with Crippen molar-refractivity contribution in [2.75, 3.05) is 6.54 Å². The normalized spacial score (nSPS) is 28.0. The summed E-state index contributed by atoms with van der Waals surface area (Å²) in [4.78, 5) is 10.3. The number of nitrogens with one attached hydrogen (secondary N) is 1. The molecule has 21 heavy (non-hydrogen) atoms. The van der Waals surface area contributed by atoms with E-state index in [4.69, 9.17) is 16.3 Å². The maximum atomic E-state index is 10.8. The minimum absolute atomic E-state index is 0.0737. The van der Waals surface area contributed by atoms with Gasteiger partial charge in [-0.3, -0.25) is 10.1 Å². The summed E-state index contributed by atoms with van der Waals surface area (Å²) >= 11 is 5.92. The van der Waals surface area contributed by atoms with Crippen molar-refractivity contribution >= 4 is 17.3 Å². The van der Waals surface area contributed by atoms with Crippen molar-refractivity contribution in [1.29, 1.82) is 0 Å². The van der Waals surface area contributed by atoms with E-state index in [1.165, 1.54) is 12.1 Å². The van der Waals surface area contributed by atoms with Gasteiger partial charge in [0.15, 0.2) is 0 Å². The summed E-state index contributed by atoms with van der Waals surface area (Å²) in [6.07, 6.45) is 2.05. The summed E-state index contributed by atoms with van der Waals surface area (Å²) in [7, 11) is 0. The van der Waals surface area contributed by atoms with Gasteiger partial charge in [0.2, 0.25) is 0 Å². The molecule has 1 aliphatic carbocycles. The van der Waals surface area contributed by atoms with Crippen molar-refractivity contribution in [1.82, 2.24) is 5.32 Å². The fourth-order valence-electron chi connectivity index (χ4n) is 2.91. The predicted octanol–water partition coefficient (Wildman–Crippen LogP) is 3.79. The zero-order valence-corrected chi connectivity index (χ0v) is 13.3. The molecule has 0 saturated heterocycles. The molecule has 6 heteroatoms. The number of hydrogen-bond donors (Lipinski definition) is 1. The first-order valence-corrected chi connectivity index (χ1v) is 7.64. The van der Waals surface area contributed by atoms with Crippen molar-refractivity contribution in [2.24, 2.45) is 5.41 Å². The molecule has 0 aromatic heterocycles. The molecule has 0 bridgehead atoms. The molecule has 1 fully saturated rings. The number of ether oxygens (including phenoxy) is 1. The number of hydrogen-bond acceptors (Lipinski definition) is 4. The van der Waals surface area contributed by atoms with Gasteiger partial charge in [-0.15, -0.1) is 0 Å². The van der Waals surface area contributed by atoms with E-state index in [1.54, 1.807) is 6.07 Å². The SMILES string of the molecule is CCNC1CC(Oc2ccc([N+](=O)[O-])c(Cl)c2)C1(C)CC. The third-order valence-corrected chi connectivity index (χ3v) is 4.89. The standard InChI is InChI=1S/C15H21ClN2O3/c1-4-15(3)13(17-5-2)9-14(15)21-10-6-7-12(18(19)20)11(16)8-10/h6-8,13-14,17H,4-5,9H2,1-3H3. The average Bonchev–Trinajstić information content (AvgIpc) is 2.45. The molecule has 0 spiro atoms. The lowest BCUT2D eigenvalue weighted by molar-refractivity contribution is -0.384. The van der Waals surface area contributed by atoms with Crippen molar-refractivity contribution in [3.05, 3.63) is 33.3 Å². The summed E-state index contributed by atoms with van der Waals surface area (Å²) in [5.41, 5.74) is -0.0222. The molecule has 1 saturated carbocycles. The lowest BCUT2D eigenvalue weighted by Gasteiger charge is -2.53. The molecule has 1 aromatic carbocycles. The quantitative estimate of drug-likeness (QED) is 0.641. The van der Waals surface area contributed by atoms with Gasteiger partial charge in [-0.05, 0) is 19.0 Å². The smallest absolute Gasteiger partial charge is 0.288 e. The zero-order chi connectivity index (χ0) is 15.6. The Morgan fingerprint density at radius 2 is 2.24 bits per heavy atom. The number of rotatable bonds is 6. The van der Waals surface area contributed by atoms with Gasteiger partial charge in [0.05, 0.1) is 4.92 Å². The Labute approximate surface area is 129 Å². The minimum Gasteiger partial charge on any atom is -0.490 e. The van der Waals surface area contributed by atoms with E-state index in [2.05, 4.69) is 26.1 Å². The van der Waals surface area contributed by atoms with E-state index in [9.17, 15) is 10.1 Å². The molecule has 3 atom stereocenters. The van der Waals surface area contributed by atoms with Crippen molar-refractivity contribution in [3.63, 3.8) is 0 Å². The van der Waals surface area contributed by atoms with Gasteiger partial charge in [-0.2, -0.15) is 0 Å².